The van der Waals surface area contributed by atoms with E-state index in [-0.39, 0.29) is 18.6 Å². The zero-order valence-corrected chi connectivity index (χ0v) is 11.5. The second-order valence-electron chi connectivity index (χ2n) is 4.64. The van der Waals surface area contributed by atoms with Crippen LogP contribution >= 0.6 is 0 Å². The van der Waals surface area contributed by atoms with E-state index in [0.29, 0.717) is 13.2 Å². The van der Waals surface area contributed by atoms with E-state index >= 15 is 0 Å². The zero-order chi connectivity index (χ0) is 14.3. The summed E-state index contributed by atoms with van der Waals surface area (Å²) in [5, 5.41) is 14.4. The number of carbonyl (C=O) groups excluding carboxylic acids is 1. The first kappa shape index (κ1) is 15.9. The highest BCUT2D eigenvalue weighted by molar-refractivity contribution is 5.82. The van der Waals surface area contributed by atoms with Crippen LogP contribution in [0.3, 0.4) is 0 Å². The molecule has 2 unspecified atom stereocenters. The third-order valence-corrected chi connectivity index (χ3v) is 3.07. The van der Waals surface area contributed by atoms with Crippen LogP contribution in [0.1, 0.15) is 13.8 Å². The van der Waals surface area contributed by atoms with E-state index in [1.54, 1.807) is 0 Å². The smallest absolute Gasteiger partial charge is 0.327 e. The Hall–Kier alpha value is -1.18. The number of amides is 1. The number of carbonyl (C=O) groups is 2. The Morgan fingerprint density at radius 3 is 2.84 bits per heavy atom. The Morgan fingerprint density at radius 2 is 2.26 bits per heavy atom. The lowest BCUT2D eigenvalue weighted by molar-refractivity contribution is -0.141. The SMILES string of the molecule is CCN1CCOC(CNCC(NC(C)=O)C(=O)O)C1. The van der Waals surface area contributed by atoms with Gasteiger partial charge in [0.15, 0.2) is 0 Å². The fourth-order valence-electron chi connectivity index (χ4n) is 2.03. The Labute approximate surface area is 113 Å². The van der Waals surface area contributed by atoms with Crippen LogP contribution in [0.2, 0.25) is 0 Å². The summed E-state index contributed by atoms with van der Waals surface area (Å²) in [5.74, 6) is -1.39. The molecule has 1 aliphatic heterocycles. The molecule has 0 aromatic carbocycles. The average molecular weight is 273 g/mol. The number of carboxylic acid groups (broad SMARTS) is 1. The van der Waals surface area contributed by atoms with Crippen molar-refractivity contribution in [2.24, 2.45) is 0 Å². The maximum absolute atomic E-state index is 10.9. The molecular formula is C12H23N3O4. The lowest BCUT2D eigenvalue weighted by Crippen LogP contribution is -2.50. The highest BCUT2D eigenvalue weighted by Gasteiger charge is 2.21. The van der Waals surface area contributed by atoms with Crippen LogP contribution in [0.4, 0.5) is 0 Å². The number of hydrogen-bond acceptors (Lipinski definition) is 5. The first-order valence-electron chi connectivity index (χ1n) is 6.57. The van der Waals surface area contributed by atoms with Crippen molar-refractivity contribution < 1.29 is 19.4 Å². The molecule has 0 bridgehead atoms. The summed E-state index contributed by atoms with van der Waals surface area (Å²) in [6.45, 7) is 7.67. The lowest BCUT2D eigenvalue weighted by atomic mass is 10.2. The van der Waals surface area contributed by atoms with Gasteiger partial charge in [0.1, 0.15) is 6.04 Å². The number of ether oxygens (including phenoxy) is 1. The van der Waals surface area contributed by atoms with Crippen molar-refractivity contribution in [1.29, 1.82) is 0 Å². The number of likely N-dealkylation sites (N-methyl/N-ethyl adjacent to an activating group) is 1. The number of aliphatic carboxylic acids is 1. The first-order valence-corrected chi connectivity index (χ1v) is 6.57. The summed E-state index contributed by atoms with van der Waals surface area (Å²) in [6, 6.07) is -0.900. The van der Waals surface area contributed by atoms with Crippen molar-refractivity contribution in [2.75, 3.05) is 39.3 Å². The number of morpholine rings is 1. The first-order chi connectivity index (χ1) is 9.02. The summed E-state index contributed by atoms with van der Waals surface area (Å²) >= 11 is 0. The van der Waals surface area contributed by atoms with Gasteiger partial charge in [-0.15, -0.1) is 0 Å². The predicted molar refractivity (Wildman–Crippen MR) is 70.0 cm³/mol. The molecule has 1 aliphatic rings. The second-order valence-corrected chi connectivity index (χ2v) is 4.64. The molecule has 1 rings (SSSR count). The Balaban J connectivity index is 2.27. The van der Waals surface area contributed by atoms with Crippen LogP contribution in [-0.4, -0.2) is 73.4 Å². The summed E-state index contributed by atoms with van der Waals surface area (Å²) < 4.78 is 5.59. The molecule has 1 heterocycles. The van der Waals surface area contributed by atoms with Crippen molar-refractivity contribution >= 4 is 11.9 Å². The molecule has 0 radical (unpaired) electrons. The molecule has 7 nitrogen and oxygen atoms in total. The van der Waals surface area contributed by atoms with Crippen LogP contribution in [-0.2, 0) is 14.3 Å². The third kappa shape index (κ3) is 6.00. The minimum atomic E-state index is -1.04. The zero-order valence-electron chi connectivity index (χ0n) is 11.5. The van der Waals surface area contributed by atoms with Gasteiger partial charge < -0.3 is 20.5 Å². The molecule has 0 saturated carbocycles. The molecule has 0 aromatic rings. The van der Waals surface area contributed by atoms with E-state index < -0.39 is 12.0 Å². The van der Waals surface area contributed by atoms with Crippen molar-refractivity contribution in [2.45, 2.75) is 26.0 Å². The second kappa shape index (κ2) is 8.08. The van der Waals surface area contributed by atoms with E-state index in [0.717, 1.165) is 19.6 Å². The number of nitrogens with one attached hydrogen (secondary N) is 2. The van der Waals surface area contributed by atoms with Crippen LogP contribution < -0.4 is 10.6 Å². The maximum atomic E-state index is 10.9. The fraction of sp³-hybridized carbons (Fsp3) is 0.833. The standard InChI is InChI=1S/C12H23N3O4/c1-3-15-4-5-19-10(8-15)6-13-7-11(12(17)18)14-9(2)16/h10-11,13H,3-8H2,1-2H3,(H,14,16)(H,17,18). The molecule has 7 heteroatoms. The van der Waals surface area contributed by atoms with Crippen molar-refractivity contribution in [3.8, 4) is 0 Å². The van der Waals surface area contributed by atoms with Crippen LogP contribution in [0, 0.1) is 0 Å². The number of carboxylic acids is 1. The topological polar surface area (TPSA) is 90.9 Å². The lowest BCUT2D eigenvalue weighted by Gasteiger charge is -2.32. The van der Waals surface area contributed by atoms with Gasteiger partial charge in [0.25, 0.3) is 0 Å². The summed E-state index contributed by atoms with van der Waals surface area (Å²) in [6.07, 6.45) is 0.0699. The van der Waals surface area contributed by atoms with E-state index in [1.165, 1.54) is 6.92 Å². The molecule has 19 heavy (non-hydrogen) atoms. The van der Waals surface area contributed by atoms with E-state index in [9.17, 15) is 9.59 Å². The van der Waals surface area contributed by atoms with Gasteiger partial charge in [-0.05, 0) is 6.54 Å². The predicted octanol–water partition coefficient (Wildman–Crippen LogP) is -1.11. The molecule has 2 atom stereocenters. The highest BCUT2D eigenvalue weighted by Crippen LogP contribution is 2.03. The summed E-state index contributed by atoms with van der Waals surface area (Å²) in [5.41, 5.74) is 0. The Bertz CT molecular complexity index is 311. The van der Waals surface area contributed by atoms with Gasteiger partial charge >= 0.3 is 5.97 Å². The molecule has 3 N–H and O–H groups in total. The Kier molecular flexibility index (Phi) is 6.75. The van der Waals surface area contributed by atoms with Crippen LogP contribution in [0.25, 0.3) is 0 Å². The van der Waals surface area contributed by atoms with E-state index in [2.05, 4.69) is 22.5 Å². The monoisotopic (exact) mass is 273 g/mol. The molecule has 1 saturated heterocycles. The van der Waals surface area contributed by atoms with Crippen LogP contribution in [0.15, 0.2) is 0 Å². The summed E-state index contributed by atoms with van der Waals surface area (Å²) in [7, 11) is 0. The van der Waals surface area contributed by atoms with E-state index in [1.807, 2.05) is 0 Å². The van der Waals surface area contributed by atoms with Gasteiger partial charge in [-0.25, -0.2) is 4.79 Å². The highest BCUT2D eigenvalue weighted by atomic mass is 16.5. The van der Waals surface area contributed by atoms with Crippen molar-refractivity contribution in [3.05, 3.63) is 0 Å². The minimum Gasteiger partial charge on any atom is -0.480 e. The van der Waals surface area contributed by atoms with Crippen molar-refractivity contribution in [1.82, 2.24) is 15.5 Å². The van der Waals surface area contributed by atoms with Crippen molar-refractivity contribution in [3.63, 3.8) is 0 Å². The molecule has 0 spiro atoms. The molecular weight excluding hydrogens is 250 g/mol. The quantitative estimate of drug-likeness (QED) is 0.545. The molecule has 110 valence electrons. The van der Waals surface area contributed by atoms with Gasteiger partial charge in [-0.2, -0.15) is 0 Å². The Morgan fingerprint density at radius 1 is 1.53 bits per heavy atom. The number of hydrogen-bond donors (Lipinski definition) is 3. The number of rotatable bonds is 7. The van der Waals surface area contributed by atoms with Gasteiger partial charge in [-0.3, -0.25) is 9.69 Å². The summed E-state index contributed by atoms with van der Waals surface area (Å²) in [4.78, 5) is 24.1. The van der Waals surface area contributed by atoms with Gasteiger partial charge in [0, 0.05) is 33.1 Å². The molecule has 1 amide bonds. The molecule has 0 aliphatic carbocycles. The van der Waals surface area contributed by atoms with Gasteiger partial charge in [0.2, 0.25) is 5.91 Å². The molecule has 0 aromatic heterocycles. The molecule has 1 fully saturated rings. The van der Waals surface area contributed by atoms with Gasteiger partial charge in [0.05, 0.1) is 12.7 Å². The van der Waals surface area contributed by atoms with Crippen LogP contribution in [0.5, 0.6) is 0 Å². The van der Waals surface area contributed by atoms with E-state index in [4.69, 9.17) is 9.84 Å². The third-order valence-electron chi connectivity index (χ3n) is 3.07. The number of nitrogens with zero attached hydrogens (tertiary/aromatic N) is 1. The van der Waals surface area contributed by atoms with Gasteiger partial charge in [-0.1, -0.05) is 6.92 Å². The fourth-order valence-corrected chi connectivity index (χ4v) is 2.03. The largest absolute Gasteiger partial charge is 0.480 e. The maximum Gasteiger partial charge on any atom is 0.327 e. The normalized spacial score (nSPS) is 21.9. The average Bonchev–Trinajstić information content (AvgIpc) is 2.37. The minimum absolute atomic E-state index is 0.0699.